The number of methoxy groups -OCH3 is 1. The van der Waals surface area contributed by atoms with Crippen molar-refractivity contribution in [2.75, 3.05) is 26.5 Å². The van der Waals surface area contributed by atoms with Crippen LogP contribution < -0.4 is 5.32 Å². The molecule has 1 aromatic carbocycles. The average molecular weight is 362 g/mol. The van der Waals surface area contributed by atoms with Crippen LogP contribution in [-0.4, -0.2) is 36.7 Å². The van der Waals surface area contributed by atoms with Gasteiger partial charge in [-0.2, -0.15) is 0 Å². The lowest BCUT2D eigenvalue weighted by Crippen LogP contribution is -2.18. The number of hydrogen-bond acceptors (Lipinski definition) is 7. The molecular weight excluding hydrogens is 346 g/mol. The van der Waals surface area contributed by atoms with Crippen molar-refractivity contribution in [3.8, 4) is 0 Å². The molecule has 21 heavy (non-hydrogen) atoms. The third-order valence-electron chi connectivity index (χ3n) is 2.59. The van der Waals surface area contributed by atoms with Crippen molar-refractivity contribution in [1.29, 1.82) is 0 Å². The number of nitrogens with one attached hydrogen (secondary N) is 1. The standard InChI is InChI=1S/C13H16ClN3OS3/c1-18-6-5-15-8-9-3-4-10(7-11(9)14)20-13-17-16-12(19-2)21-13/h3-4,7,15H,5-6,8H2,1-2H3. The Kier molecular flexibility index (Phi) is 7.28. The second kappa shape index (κ2) is 8.97. The van der Waals surface area contributed by atoms with Gasteiger partial charge in [0.15, 0.2) is 8.68 Å². The molecule has 1 N–H and O–H groups in total. The van der Waals surface area contributed by atoms with E-state index in [-0.39, 0.29) is 0 Å². The zero-order valence-electron chi connectivity index (χ0n) is 11.8. The van der Waals surface area contributed by atoms with Crippen molar-refractivity contribution in [3.63, 3.8) is 0 Å². The van der Waals surface area contributed by atoms with Crippen molar-refractivity contribution in [3.05, 3.63) is 28.8 Å². The summed E-state index contributed by atoms with van der Waals surface area (Å²) in [5.74, 6) is 0. The van der Waals surface area contributed by atoms with Gasteiger partial charge < -0.3 is 10.1 Å². The molecule has 114 valence electrons. The summed E-state index contributed by atoms with van der Waals surface area (Å²) >= 11 is 11.1. The first-order valence-electron chi connectivity index (χ1n) is 6.26. The molecule has 8 heteroatoms. The van der Waals surface area contributed by atoms with Gasteiger partial charge in [-0.15, -0.1) is 10.2 Å². The number of ether oxygens (including phenoxy) is 1. The smallest absolute Gasteiger partial charge is 0.179 e. The van der Waals surface area contributed by atoms with Crippen LogP contribution >= 0.6 is 46.5 Å². The van der Waals surface area contributed by atoms with Crippen LogP contribution in [0.4, 0.5) is 0 Å². The Morgan fingerprint density at radius 1 is 1.33 bits per heavy atom. The van der Waals surface area contributed by atoms with Crippen LogP contribution in [0.25, 0.3) is 0 Å². The summed E-state index contributed by atoms with van der Waals surface area (Å²) in [4.78, 5) is 1.07. The van der Waals surface area contributed by atoms with Gasteiger partial charge in [-0.05, 0) is 24.0 Å². The summed E-state index contributed by atoms with van der Waals surface area (Å²) < 4.78 is 6.90. The SMILES string of the molecule is COCCNCc1ccc(Sc2nnc(SC)s2)cc1Cl. The van der Waals surface area contributed by atoms with Gasteiger partial charge in [-0.25, -0.2) is 0 Å². The van der Waals surface area contributed by atoms with Gasteiger partial charge in [0.1, 0.15) is 0 Å². The minimum atomic E-state index is 0.695. The third-order valence-corrected chi connectivity index (χ3v) is 5.88. The van der Waals surface area contributed by atoms with Gasteiger partial charge in [-0.3, -0.25) is 0 Å². The fraction of sp³-hybridized carbons (Fsp3) is 0.385. The van der Waals surface area contributed by atoms with Gasteiger partial charge in [0.05, 0.1) is 6.61 Å². The first-order valence-corrected chi connectivity index (χ1v) is 9.50. The van der Waals surface area contributed by atoms with E-state index in [1.54, 1.807) is 42.0 Å². The van der Waals surface area contributed by atoms with E-state index < -0.39 is 0 Å². The molecule has 0 radical (unpaired) electrons. The summed E-state index contributed by atoms with van der Waals surface area (Å²) in [7, 11) is 1.69. The fourth-order valence-electron chi connectivity index (χ4n) is 1.55. The maximum absolute atomic E-state index is 6.32. The first kappa shape index (κ1) is 17.1. The molecule has 0 saturated heterocycles. The second-order valence-corrected chi connectivity index (χ2v) is 7.82. The maximum atomic E-state index is 6.32. The van der Waals surface area contributed by atoms with Gasteiger partial charge >= 0.3 is 0 Å². The monoisotopic (exact) mass is 361 g/mol. The van der Waals surface area contributed by atoms with E-state index in [0.29, 0.717) is 6.61 Å². The Bertz CT molecular complexity index is 580. The Morgan fingerprint density at radius 2 is 2.14 bits per heavy atom. The minimum absolute atomic E-state index is 0.695. The Balaban J connectivity index is 1.94. The number of rotatable bonds is 8. The van der Waals surface area contributed by atoms with Crippen molar-refractivity contribution in [2.24, 2.45) is 0 Å². The first-order chi connectivity index (χ1) is 10.2. The molecule has 0 spiro atoms. The molecule has 1 aromatic heterocycles. The average Bonchev–Trinajstić information content (AvgIpc) is 2.93. The van der Waals surface area contributed by atoms with Crippen LogP contribution in [0, 0.1) is 0 Å². The summed E-state index contributed by atoms with van der Waals surface area (Å²) in [5.41, 5.74) is 1.08. The Morgan fingerprint density at radius 3 is 2.81 bits per heavy atom. The van der Waals surface area contributed by atoms with Crippen molar-refractivity contribution < 1.29 is 4.74 Å². The largest absolute Gasteiger partial charge is 0.383 e. The quantitative estimate of drug-likeness (QED) is 0.570. The predicted molar refractivity (Wildman–Crippen MR) is 90.8 cm³/mol. The van der Waals surface area contributed by atoms with Crippen LogP contribution in [0.1, 0.15) is 5.56 Å². The zero-order chi connectivity index (χ0) is 15.1. The number of thioether (sulfide) groups is 1. The normalized spacial score (nSPS) is 11.0. The molecule has 0 aliphatic carbocycles. The molecule has 2 aromatic rings. The van der Waals surface area contributed by atoms with E-state index in [0.717, 1.165) is 37.3 Å². The lowest BCUT2D eigenvalue weighted by atomic mass is 10.2. The molecule has 0 aliphatic heterocycles. The minimum Gasteiger partial charge on any atom is -0.383 e. The van der Waals surface area contributed by atoms with Crippen LogP contribution in [0.15, 0.2) is 31.8 Å². The van der Waals surface area contributed by atoms with Gasteiger partial charge in [-0.1, -0.05) is 52.5 Å². The second-order valence-electron chi connectivity index (χ2n) is 4.06. The highest BCUT2D eigenvalue weighted by Gasteiger charge is 2.07. The van der Waals surface area contributed by atoms with E-state index in [4.69, 9.17) is 16.3 Å². The van der Waals surface area contributed by atoms with E-state index in [2.05, 4.69) is 21.6 Å². The molecule has 0 aliphatic rings. The Labute approximate surface area is 142 Å². The van der Waals surface area contributed by atoms with Gasteiger partial charge in [0.25, 0.3) is 0 Å². The van der Waals surface area contributed by atoms with Crippen LogP contribution in [0.3, 0.4) is 0 Å². The van der Waals surface area contributed by atoms with Crippen molar-refractivity contribution in [1.82, 2.24) is 15.5 Å². The topological polar surface area (TPSA) is 47.0 Å². The number of aromatic nitrogens is 2. The third kappa shape index (κ3) is 5.43. The molecule has 4 nitrogen and oxygen atoms in total. The number of nitrogens with zero attached hydrogens (tertiary/aromatic N) is 2. The molecule has 0 unspecified atom stereocenters. The van der Waals surface area contributed by atoms with Crippen LogP contribution in [0.2, 0.25) is 5.02 Å². The molecule has 1 heterocycles. The summed E-state index contributed by atoms with van der Waals surface area (Å²) in [6, 6.07) is 6.07. The van der Waals surface area contributed by atoms with Crippen LogP contribution in [0.5, 0.6) is 0 Å². The molecule has 2 rings (SSSR count). The van der Waals surface area contributed by atoms with Gasteiger partial charge in [0.2, 0.25) is 0 Å². The molecule has 0 atom stereocenters. The van der Waals surface area contributed by atoms with E-state index >= 15 is 0 Å². The van der Waals surface area contributed by atoms with E-state index in [1.165, 1.54) is 0 Å². The molecule has 0 fully saturated rings. The molecule has 0 saturated carbocycles. The number of hydrogen-bond donors (Lipinski definition) is 1. The summed E-state index contributed by atoms with van der Waals surface area (Å²) in [6.45, 7) is 2.24. The lowest BCUT2D eigenvalue weighted by Gasteiger charge is -2.07. The van der Waals surface area contributed by atoms with Crippen LogP contribution in [-0.2, 0) is 11.3 Å². The maximum Gasteiger partial charge on any atom is 0.179 e. The highest BCUT2D eigenvalue weighted by molar-refractivity contribution is 8.03. The Hall–Kier alpha value is -0.310. The summed E-state index contributed by atoms with van der Waals surface area (Å²) in [6.07, 6.45) is 2.00. The molecule has 0 amide bonds. The van der Waals surface area contributed by atoms with Crippen molar-refractivity contribution in [2.45, 2.75) is 20.1 Å². The predicted octanol–water partition coefficient (Wildman–Crippen LogP) is 3.80. The lowest BCUT2D eigenvalue weighted by molar-refractivity contribution is 0.199. The summed E-state index contributed by atoms with van der Waals surface area (Å²) in [5, 5.41) is 12.3. The highest BCUT2D eigenvalue weighted by atomic mass is 35.5. The van der Waals surface area contributed by atoms with Crippen molar-refractivity contribution >= 4 is 46.5 Å². The fourth-order valence-corrected chi connectivity index (χ4v) is 4.32. The highest BCUT2D eigenvalue weighted by Crippen LogP contribution is 2.34. The van der Waals surface area contributed by atoms with Gasteiger partial charge in [0, 0.05) is 30.1 Å². The van der Waals surface area contributed by atoms with E-state index in [9.17, 15) is 0 Å². The number of benzene rings is 1. The van der Waals surface area contributed by atoms with E-state index in [1.807, 2.05) is 18.4 Å². The molecule has 0 bridgehead atoms. The zero-order valence-corrected chi connectivity index (χ0v) is 15.0. The number of halogens is 1. The molecular formula is C13H16ClN3OS3.